The van der Waals surface area contributed by atoms with Crippen molar-refractivity contribution in [2.75, 3.05) is 45.1 Å². The van der Waals surface area contributed by atoms with E-state index in [1.165, 1.54) is 5.56 Å². The zero-order chi connectivity index (χ0) is 12.8. The molecule has 3 N–H and O–H groups in total. The van der Waals surface area contributed by atoms with E-state index in [1.54, 1.807) is 0 Å². The lowest BCUT2D eigenvalue weighted by Gasteiger charge is -2.21. The number of β-amino-alcohol motifs (C(OH)–C–C–N with tert-alkyl or cyclic N) is 1. The molecule has 5 heteroatoms. The predicted octanol–water partition coefficient (Wildman–Crippen LogP) is 0.164. The number of aromatic nitrogens is 1. The van der Waals surface area contributed by atoms with Crippen molar-refractivity contribution in [2.24, 2.45) is 0 Å². The number of hydrogen-bond donors (Lipinski definition) is 2. The first-order valence-electron chi connectivity index (χ1n) is 6.54. The molecule has 1 aromatic heterocycles. The van der Waals surface area contributed by atoms with Gasteiger partial charge >= 0.3 is 0 Å². The van der Waals surface area contributed by atoms with E-state index in [0.717, 1.165) is 45.7 Å². The average molecular weight is 250 g/mol. The van der Waals surface area contributed by atoms with Gasteiger partial charge in [0, 0.05) is 32.4 Å². The molecule has 100 valence electrons. The molecular formula is C13H22N4O. The number of nitrogens with two attached hydrogens (primary N) is 1. The fourth-order valence-corrected chi connectivity index (χ4v) is 2.34. The minimum atomic E-state index is 0.252. The van der Waals surface area contributed by atoms with E-state index < -0.39 is 0 Å². The Hall–Kier alpha value is -1.17. The van der Waals surface area contributed by atoms with Gasteiger partial charge < -0.3 is 10.8 Å². The number of pyridine rings is 1. The molecule has 0 aliphatic carbocycles. The van der Waals surface area contributed by atoms with Crippen LogP contribution in [0, 0.1) is 0 Å². The van der Waals surface area contributed by atoms with E-state index >= 15 is 0 Å². The van der Waals surface area contributed by atoms with Gasteiger partial charge in [0.2, 0.25) is 0 Å². The van der Waals surface area contributed by atoms with Gasteiger partial charge in [-0.1, -0.05) is 6.07 Å². The number of aliphatic hydroxyl groups is 1. The molecule has 0 aromatic carbocycles. The first-order valence-corrected chi connectivity index (χ1v) is 6.54. The Labute approximate surface area is 108 Å². The van der Waals surface area contributed by atoms with E-state index in [2.05, 4.69) is 14.8 Å². The van der Waals surface area contributed by atoms with Crippen molar-refractivity contribution >= 4 is 5.82 Å². The topological polar surface area (TPSA) is 65.6 Å². The summed E-state index contributed by atoms with van der Waals surface area (Å²) < 4.78 is 0. The molecule has 1 aromatic rings. The van der Waals surface area contributed by atoms with Crippen molar-refractivity contribution in [3.05, 3.63) is 23.9 Å². The monoisotopic (exact) mass is 250 g/mol. The minimum Gasteiger partial charge on any atom is -0.395 e. The summed E-state index contributed by atoms with van der Waals surface area (Å²) >= 11 is 0. The van der Waals surface area contributed by atoms with Gasteiger partial charge in [-0.05, 0) is 31.1 Å². The largest absolute Gasteiger partial charge is 0.395 e. The molecule has 1 aliphatic rings. The fraction of sp³-hybridized carbons (Fsp3) is 0.615. The maximum Gasteiger partial charge on any atom is 0.123 e. The van der Waals surface area contributed by atoms with Crippen LogP contribution >= 0.6 is 0 Å². The van der Waals surface area contributed by atoms with Crippen LogP contribution in [0.15, 0.2) is 18.3 Å². The van der Waals surface area contributed by atoms with E-state index in [4.69, 9.17) is 10.8 Å². The van der Waals surface area contributed by atoms with Crippen LogP contribution in [0.5, 0.6) is 0 Å². The van der Waals surface area contributed by atoms with E-state index in [9.17, 15) is 0 Å². The zero-order valence-corrected chi connectivity index (χ0v) is 10.8. The van der Waals surface area contributed by atoms with Crippen LogP contribution in [0.4, 0.5) is 5.82 Å². The Balaban J connectivity index is 1.84. The number of aliphatic hydroxyl groups excluding tert-OH is 1. The number of nitrogens with zero attached hydrogens (tertiary/aromatic N) is 3. The van der Waals surface area contributed by atoms with E-state index in [1.807, 2.05) is 18.3 Å². The molecule has 1 fully saturated rings. The van der Waals surface area contributed by atoms with Crippen molar-refractivity contribution in [1.29, 1.82) is 0 Å². The lowest BCUT2D eigenvalue weighted by Crippen LogP contribution is -2.32. The summed E-state index contributed by atoms with van der Waals surface area (Å²) in [5.74, 6) is 0.573. The van der Waals surface area contributed by atoms with Crippen LogP contribution in [0.25, 0.3) is 0 Å². The van der Waals surface area contributed by atoms with Crippen molar-refractivity contribution < 1.29 is 5.11 Å². The second-order valence-electron chi connectivity index (χ2n) is 4.79. The molecule has 5 nitrogen and oxygen atoms in total. The first kappa shape index (κ1) is 13.3. The number of rotatable bonds is 4. The standard InChI is InChI=1S/C13H22N4O/c14-13-3-2-12(10-15-13)11-17-5-1-4-16(6-7-17)8-9-18/h2-3,10,18H,1,4-9,11H2,(H2,14,15). The Morgan fingerprint density at radius 3 is 2.67 bits per heavy atom. The fourth-order valence-electron chi connectivity index (χ4n) is 2.34. The van der Waals surface area contributed by atoms with Gasteiger partial charge in [0.05, 0.1) is 6.61 Å². The molecule has 0 radical (unpaired) electrons. The van der Waals surface area contributed by atoms with Crippen LogP contribution < -0.4 is 5.73 Å². The summed E-state index contributed by atoms with van der Waals surface area (Å²) in [4.78, 5) is 8.88. The van der Waals surface area contributed by atoms with Crippen LogP contribution in [-0.2, 0) is 6.54 Å². The minimum absolute atomic E-state index is 0.252. The van der Waals surface area contributed by atoms with Crippen LogP contribution in [0.1, 0.15) is 12.0 Å². The third-order valence-corrected chi connectivity index (χ3v) is 3.35. The van der Waals surface area contributed by atoms with Gasteiger partial charge in [0.25, 0.3) is 0 Å². The van der Waals surface area contributed by atoms with Gasteiger partial charge in [-0.15, -0.1) is 0 Å². The Bertz CT molecular complexity index is 355. The Kier molecular flexibility index (Phi) is 4.92. The summed E-state index contributed by atoms with van der Waals surface area (Å²) in [5, 5.41) is 8.96. The second kappa shape index (κ2) is 6.68. The molecule has 2 rings (SSSR count). The van der Waals surface area contributed by atoms with E-state index in [0.29, 0.717) is 5.82 Å². The predicted molar refractivity (Wildman–Crippen MR) is 72.1 cm³/mol. The normalized spacial score (nSPS) is 18.7. The smallest absolute Gasteiger partial charge is 0.123 e. The molecule has 1 saturated heterocycles. The summed E-state index contributed by atoms with van der Waals surface area (Å²) in [6, 6.07) is 3.89. The molecule has 0 atom stereocenters. The summed E-state index contributed by atoms with van der Waals surface area (Å²) in [6.45, 7) is 6.23. The second-order valence-corrected chi connectivity index (χ2v) is 4.79. The molecule has 0 saturated carbocycles. The molecule has 0 amide bonds. The van der Waals surface area contributed by atoms with Crippen molar-refractivity contribution in [3.63, 3.8) is 0 Å². The van der Waals surface area contributed by atoms with Crippen molar-refractivity contribution in [2.45, 2.75) is 13.0 Å². The van der Waals surface area contributed by atoms with E-state index in [-0.39, 0.29) is 6.61 Å². The van der Waals surface area contributed by atoms with Gasteiger partial charge in [-0.3, -0.25) is 9.80 Å². The third kappa shape index (κ3) is 3.94. The van der Waals surface area contributed by atoms with Crippen molar-refractivity contribution in [3.8, 4) is 0 Å². The number of hydrogen-bond acceptors (Lipinski definition) is 5. The Morgan fingerprint density at radius 2 is 1.94 bits per heavy atom. The quantitative estimate of drug-likeness (QED) is 0.797. The SMILES string of the molecule is Nc1ccc(CN2CCCN(CCO)CC2)cn1. The summed E-state index contributed by atoms with van der Waals surface area (Å²) in [7, 11) is 0. The van der Waals surface area contributed by atoms with Gasteiger partial charge in [0.1, 0.15) is 5.82 Å². The highest BCUT2D eigenvalue weighted by molar-refractivity contribution is 5.29. The lowest BCUT2D eigenvalue weighted by atomic mass is 10.2. The molecule has 0 bridgehead atoms. The van der Waals surface area contributed by atoms with Crippen LogP contribution in [-0.4, -0.2) is 59.2 Å². The highest BCUT2D eigenvalue weighted by Crippen LogP contribution is 2.09. The van der Waals surface area contributed by atoms with Gasteiger partial charge in [-0.25, -0.2) is 4.98 Å². The van der Waals surface area contributed by atoms with Gasteiger partial charge in [0.15, 0.2) is 0 Å². The lowest BCUT2D eigenvalue weighted by molar-refractivity contribution is 0.196. The molecule has 1 aliphatic heterocycles. The maximum absolute atomic E-state index is 8.96. The first-order chi connectivity index (χ1) is 8.78. The Morgan fingerprint density at radius 1 is 1.17 bits per heavy atom. The highest BCUT2D eigenvalue weighted by atomic mass is 16.3. The molecular weight excluding hydrogens is 228 g/mol. The third-order valence-electron chi connectivity index (χ3n) is 3.35. The summed E-state index contributed by atoms with van der Waals surface area (Å²) in [6.07, 6.45) is 3.01. The maximum atomic E-state index is 8.96. The summed E-state index contributed by atoms with van der Waals surface area (Å²) in [5.41, 5.74) is 6.79. The van der Waals surface area contributed by atoms with Gasteiger partial charge in [-0.2, -0.15) is 0 Å². The average Bonchev–Trinajstić information content (AvgIpc) is 2.59. The molecule has 0 spiro atoms. The molecule has 2 heterocycles. The number of anilines is 1. The van der Waals surface area contributed by atoms with Crippen LogP contribution in [0.2, 0.25) is 0 Å². The molecule has 0 unspecified atom stereocenters. The highest BCUT2D eigenvalue weighted by Gasteiger charge is 2.14. The zero-order valence-electron chi connectivity index (χ0n) is 10.8. The van der Waals surface area contributed by atoms with Crippen LogP contribution in [0.3, 0.4) is 0 Å². The van der Waals surface area contributed by atoms with Crippen molar-refractivity contribution in [1.82, 2.24) is 14.8 Å². The molecule has 18 heavy (non-hydrogen) atoms. The number of nitrogen functional groups attached to an aromatic ring is 1.